The molecule has 0 spiro atoms. The Hall–Kier alpha value is -1.63. The number of aliphatic carboxylic acids is 1. The molecule has 0 heterocycles. The van der Waals surface area contributed by atoms with Crippen molar-refractivity contribution in [2.75, 3.05) is 7.11 Å². The van der Waals surface area contributed by atoms with Crippen molar-refractivity contribution in [1.29, 1.82) is 0 Å². The first-order chi connectivity index (χ1) is 8.15. The predicted octanol–water partition coefficient (Wildman–Crippen LogP) is -0.364. The van der Waals surface area contributed by atoms with Gasteiger partial charge in [0.05, 0.1) is 7.11 Å². The van der Waals surface area contributed by atoms with Crippen molar-refractivity contribution in [2.24, 2.45) is 5.73 Å². The van der Waals surface area contributed by atoms with Crippen molar-refractivity contribution in [2.45, 2.75) is 44.7 Å². The van der Waals surface area contributed by atoms with Crippen LogP contribution in [0.25, 0.3) is 0 Å². The Morgan fingerprint density at radius 2 is 1.94 bits per heavy atom. The van der Waals surface area contributed by atoms with Gasteiger partial charge in [0.2, 0.25) is 5.91 Å². The van der Waals surface area contributed by atoms with Crippen LogP contribution in [0, 0.1) is 0 Å². The van der Waals surface area contributed by atoms with E-state index in [0.717, 1.165) is 0 Å². The third-order valence-corrected chi connectivity index (χ3v) is 2.11. The van der Waals surface area contributed by atoms with Gasteiger partial charge in [0.15, 0.2) is 0 Å². The molecule has 1 atom stereocenters. The van der Waals surface area contributed by atoms with Crippen LogP contribution in [-0.2, 0) is 19.1 Å². The summed E-state index contributed by atoms with van der Waals surface area (Å²) in [5.74, 6) is -2.17. The minimum absolute atomic E-state index is 0.00893. The molecule has 0 aliphatic heterocycles. The normalized spacial score (nSPS) is 12.7. The molecule has 7 heteroatoms. The van der Waals surface area contributed by atoms with E-state index in [9.17, 15) is 14.4 Å². The molecule has 0 rings (SSSR count). The van der Waals surface area contributed by atoms with Crippen molar-refractivity contribution in [3.8, 4) is 0 Å². The second-order valence-electron chi connectivity index (χ2n) is 4.74. The van der Waals surface area contributed by atoms with Crippen LogP contribution >= 0.6 is 0 Å². The average molecular weight is 260 g/mol. The summed E-state index contributed by atoms with van der Waals surface area (Å²) < 4.78 is 4.40. The van der Waals surface area contributed by atoms with Gasteiger partial charge < -0.3 is 20.9 Å². The van der Waals surface area contributed by atoms with E-state index in [4.69, 9.17) is 10.8 Å². The van der Waals surface area contributed by atoms with Crippen molar-refractivity contribution in [3.05, 3.63) is 0 Å². The third kappa shape index (κ3) is 7.61. The molecule has 0 fully saturated rings. The van der Waals surface area contributed by atoms with Crippen LogP contribution in [0.15, 0.2) is 0 Å². The van der Waals surface area contributed by atoms with Gasteiger partial charge in [0.1, 0.15) is 6.04 Å². The molecule has 0 bridgehead atoms. The average Bonchev–Trinajstić information content (AvgIpc) is 2.20. The molecule has 18 heavy (non-hydrogen) atoms. The van der Waals surface area contributed by atoms with E-state index in [-0.39, 0.29) is 19.3 Å². The maximum absolute atomic E-state index is 11.5. The van der Waals surface area contributed by atoms with Crippen molar-refractivity contribution < 1.29 is 24.2 Å². The number of nitrogens with one attached hydrogen (secondary N) is 1. The highest BCUT2D eigenvalue weighted by molar-refractivity contribution is 5.84. The lowest BCUT2D eigenvalue weighted by Gasteiger charge is -2.20. The first-order valence-electron chi connectivity index (χ1n) is 5.53. The van der Waals surface area contributed by atoms with Gasteiger partial charge in [-0.3, -0.25) is 9.59 Å². The number of rotatable bonds is 7. The molecule has 0 aliphatic carbocycles. The Bertz CT molecular complexity index is 322. The van der Waals surface area contributed by atoms with Gasteiger partial charge in [-0.1, -0.05) is 0 Å². The molecule has 0 saturated heterocycles. The Kier molecular flexibility index (Phi) is 6.32. The van der Waals surface area contributed by atoms with E-state index in [2.05, 4.69) is 10.1 Å². The van der Waals surface area contributed by atoms with Crippen molar-refractivity contribution in [1.82, 2.24) is 5.32 Å². The Balaban J connectivity index is 4.32. The highest BCUT2D eigenvalue weighted by Gasteiger charge is 2.24. The molecule has 0 radical (unpaired) electrons. The van der Waals surface area contributed by atoms with Crippen LogP contribution in [0.2, 0.25) is 0 Å². The van der Waals surface area contributed by atoms with E-state index in [0.29, 0.717) is 0 Å². The molecule has 7 nitrogen and oxygen atoms in total. The molecule has 4 N–H and O–H groups in total. The zero-order valence-corrected chi connectivity index (χ0v) is 10.9. The smallest absolute Gasteiger partial charge is 0.326 e. The quantitative estimate of drug-likeness (QED) is 0.538. The van der Waals surface area contributed by atoms with Gasteiger partial charge in [-0.25, -0.2) is 4.79 Å². The third-order valence-electron chi connectivity index (χ3n) is 2.11. The van der Waals surface area contributed by atoms with E-state index in [1.165, 1.54) is 7.11 Å². The summed E-state index contributed by atoms with van der Waals surface area (Å²) in [4.78, 5) is 33.3. The molecule has 0 unspecified atom stereocenters. The zero-order chi connectivity index (χ0) is 14.3. The topological polar surface area (TPSA) is 119 Å². The molecule has 0 aromatic carbocycles. The number of carboxylic acids is 1. The molecule has 1 amide bonds. The van der Waals surface area contributed by atoms with Gasteiger partial charge in [-0.05, 0) is 20.3 Å². The van der Waals surface area contributed by atoms with E-state index >= 15 is 0 Å². The summed E-state index contributed by atoms with van der Waals surface area (Å²) in [6, 6.07) is -1.11. The van der Waals surface area contributed by atoms with Crippen molar-refractivity contribution in [3.63, 3.8) is 0 Å². The predicted molar refractivity (Wildman–Crippen MR) is 63.7 cm³/mol. The molecule has 104 valence electrons. The van der Waals surface area contributed by atoms with E-state index in [1.807, 2.05) is 0 Å². The number of amides is 1. The molecular weight excluding hydrogens is 240 g/mol. The standard InChI is InChI=1S/C11H20N2O5/c1-11(2,12)6-8(14)13-7(10(16)17)4-5-9(15)18-3/h7H,4-6,12H2,1-3H3,(H,13,14)(H,16,17)/t7-/m1/s1. The summed E-state index contributed by atoms with van der Waals surface area (Å²) in [7, 11) is 1.22. The number of carbonyl (C=O) groups is 3. The fraction of sp³-hybridized carbons (Fsp3) is 0.727. The first kappa shape index (κ1) is 16.4. The van der Waals surface area contributed by atoms with Gasteiger partial charge >= 0.3 is 11.9 Å². The second-order valence-corrected chi connectivity index (χ2v) is 4.74. The lowest BCUT2D eigenvalue weighted by atomic mass is 10.0. The second kappa shape index (κ2) is 6.95. The number of hydrogen-bond donors (Lipinski definition) is 3. The van der Waals surface area contributed by atoms with Crippen LogP contribution in [-0.4, -0.2) is 41.6 Å². The summed E-state index contributed by atoms with van der Waals surface area (Å²) in [5.41, 5.74) is 4.94. The summed E-state index contributed by atoms with van der Waals surface area (Å²) >= 11 is 0. The molecule has 0 saturated carbocycles. The molecule has 0 aliphatic rings. The van der Waals surface area contributed by atoms with E-state index in [1.54, 1.807) is 13.8 Å². The molecule has 0 aromatic rings. The van der Waals surface area contributed by atoms with Crippen LogP contribution in [0.5, 0.6) is 0 Å². The maximum Gasteiger partial charge on any atom is 0.326 e. The monoisotopic (exact) mass is 260 g/mol. The highest BCUT2D eigenvalue weighted by Crippen LogP contribution is 2.05. The van der Waals surface area contributed by atoms with Gasteiger partial charge in [-0.15, -0.1) is 0 Å². The Labute approximate surface area is 106 Å². The molecule has 0 aromatic heterocycles. The van der Waals surface area contributed by atoms with E-state index < -0.39 is 29.4 Å². The van der Waals surface area contributed by atoms with Gasteiger partial charge in [0.25, 0.3) is 0 Å². The number of methoxy groups -OCH3 is 1. The van der Waals surface area contributed by atoms with Crippen LogP contribution < -0.4 is 11.1 Å². The number of carboxylic acid groups (broad SMARTS) is 1. The summed E-state index contributed by atoms with van der Waals surface area (Å²) in [6.45, 7) is 3.33. The summed E-state index contributed by atoms with van der Waals surface area (Å²) in [6.07, 6.45) is -0.0759. The Morgan fingerprint density at radius 3 is 2.33 bits per heavy atom. The highest BCUT2D eigenvalue weighted by atomic mass is 16.5. The number of esters is 1. The number of ether oxygens (including phenoxy) is 1. The van der Waals surface area contributed by atoms with Crippen molar-refractivity contribution >= 4 is 17.8 Å². The fourth-order valence-electron chi connectivity index (χ4n) is 1.28. The SMILES string of the molecule is COC(=O)CC[C@@H](NC(=O)CC(C)(C)N)C(=O)O. The number of carbonyl (C=O) groups excluding carboxylic acids is 2. The van der Waals surface area contributed by atoms with Crippen LogP contribution in [0.1, 0.15) is 33.1 Å². The van der Waals surface area contributed by atoms with Crippen LogP contribution in [0.3, 0.4) is 0 Å². The number of hydrogen-bond acceptors (Lipinski definition) is 5. The van der Waals surface area contributed by atoms with Gasteiger partial charge in [-0.2, -0.15) is 0 Å². The minimum atomic E-state index is -1.19. The van der Waals surface area contributed by atoms with Gasteiger partial charge in [0, 0.05) is 18.4 Å². The first-order valence-corrected chi connectivity index (χ1v) is 5.53. The lowest BCUT2D eigenvalue weighted by Crippen LogP contribution is -2.45. The zero-order valence-electron chi connectivity index (χ0n) is 10.9. The fourth-order valence-corrected chi connectivity index (χ4v) is 1.28. The summed E-state index contributed by atoms with van der Waals surface area (Å²) in [5, 5.41) is 11.2. The molecular formula is C11H20N2O5. The largest absolute Gasteiger partial charge is 0.480 e. The Morgan fingerprint density at radius 1 is 1.39 bits per heavy atom. The minimum Gasteiger partial charge on any atom is -0.480 e. The maximum atomic E-state index is 11.5. The lowest BCUT2D eigenvalue weighted by molar-refractivity contribution is -0.144. The number of nitrogens with two attached hydrogens (primary N) is 1. The van der Waals surface area contributed by atoms with Crippen LogP contribution in [0.4, 0.5) is 0 Å².